The van der Waals surface area contributed by atoms with E-state index in [0.29, 0.717) is 13.1 Å². The van der Waals surface area contributed by atoms with E-state index in [9.17, 15) is 4.39 Å². The molecule has 3 heteroatoms. The molecule has 1 fully saturated rings. The molecule has 0 unspecified atom stereocenters. The summed E-state index contributed by atoms with van der Waals surface area (Å²) >= 11 is 5.53. The van der Waals surface area contributed by atoms with E-state index < -0.39 is 6.17 Å². The van der Waals surface area contributed by atoms with Crippen molar-refractivity contribution >= 4 is 11.8 Å². The molecule has 0 bridgehead atoms. The van der Waals surface area contributed by atoms with E-state index in [0.717, 1.165) is 0 Å². The molecular formula is C6H9ClFN. The van der Waals surface area contributed by atoms with Crippen molar-refractivity contribution in [3.05, 3.63) is 12.7 Å². The van der Waals surface area contributed by atoms with Crippen molar-refractivity contribution < 1.29 is 4.39 Å². The Morgan fingerprint density at radius 3 is 2.56 bits per heavy atom. The minimum absolute atomic E-state index is 0.0671. The Kier molecular flexibility index (Phi) is 2.09. The van der Waals surface area contributed by atoms with Crippen LogP contribution in [0.5, 0.6) is 0 Å². The summed E-state index contributed by atoms with van der Waals surface area (Å²) in [6, 6.07) is 0. The predicted octanol–water partition coefficient (Wildman–Crippen LogP) is 1.60. The molecule has 0 radical (unpaired) electrons. The van der Waals surface area contributed by atoms with E-state index in [2.05, 4.69) is 6.58 Å². The Morgan fingerprint density at radius 2 is 2.33 bits per heavy atom. The van der Waals surface area contributed by atoms with E-state index in [1.54, 1.807) is 6.08 Å². The van der Waals surface area contributed by atoms with Gasteiger partial charge in [0.2, 0.25) is 0 Å². The summed E-state index contributed by atoms with van der Waals surface area (Å²) in [6.45, 7) is 4.42. The van der Waals surface area contributed by atoms with Crippen molar-refractivity contribution in [1.29, 1.82) is 0 Å². The van der Waals surface area contributed by atoms with Crippen LogP contribution < -0.4 is 0 Å². The van der Waals surface area contributed by atoms with Crippen molar-refractivity contribution in [1.82, 2.24) is 4.42 Å². The fourth-order valence-electron chi connectivity index (χ4n) is 0.965. The fourth-order valence-corrected chi connectivity index (χ4v) is 1.26. The number of hydrogen-bond acceptors (Lipinski definition) is 1. The van der Waals surface area contributed by atoms with Crippen LogP contribution in [0.4, 0.5) is 4.39 Å². The monoisotopic (exact) mass is 149 g/mol. The lowest BCUT2D eigenvalue weighted by Crippen LogP contribution is -2.09. The van der Waals surface area contributed by atoms with Crippen LogP contribution in [-0.2, 0) is 0 Å². The molecule has 0 spiro atoms. The zero-order valence-electron chi connectivity index (χ0n) is 5.06. The van der Waals surface area contributed by atoms with Crippen LogP contribution in [0.2, 0.25) is 0 Å². The molecule has 0 amide bonds. The number of halogens is 2. The quantitative estimate of drug-likeness (QED) is 0.404. The van der Waals surface area contributed by atoms with Gasteiger partial charge in [-0.1, -0.05) is 6.08 Å². The van der Waals surface area contributed by atoms with E-state index in [1.807, 2.05) is 0 Å². The van der Waals surface area contributed by atoms with Gasteiger partial charge in [-0.2, -0.15) is 0 Å². The molecule has 9 heavy (non-hydrogen) atoms. The van der Waals surface area contributed by atoms with Crippen molar-refractivity contribution in [3.63, 3.8) is 0 Å². The fraction of sp³-hybridized carbons (Fsp3) is 0.667. The average molecular weight is 150 g/mol. The van der Waals surface area contributed by atoms with E-state index in [-0.39, 0.29) is 5.92 Å². The predicted molar refractivity (Wildman–Crippen MR) is 36.0 cm³/mol. The maximum atomic E-state index is 12.6. The highest BCUT2D eigenvalue weighted by atomic mass is 35.5. The molecule has 52 valence electrons. The van der Waals surface area contributed by atoms with Crippen LogP contribution in [0.25, 0.3) is 0 Å². The van der Waals surface area contributed by atoms with Crippen LogP contribution in [0.1, 0.15) is 0 Å². The maximum Gasteiger partial charge on any atom is 0.122 e. The molecule has 1 nitrogen and oxygen atoms in total. The van der Waals surface area contributed by atoms with Crippen LogP contribution >= 0.6 is 11.8 Å². The summed E-state index contributed by atoms with van der Waals surface area (Å²) in [6.07, 6.45) is 0.799. The van der Waals surface area contributed by atoms with Gasteiger partial charge in [0.1, 0.15) is 6.17 Å². The van der Waals surface area contributed by atoms with E-state index in [1.165, 1.54) is 4.42 Å². The number of rotatable bonds is 1. The highest BCUT2D eigenvalue weighted by molar-refractivity contribution is 6.13. The molecule has 1 heterocycles. The average Bonchev–Trinajstić information content (AvgIpc) is 2.10. The third-order valence-electron chi connectivity index (χ3n) is 1.55. The first-order valence-electron chi connectivity index (χ1n) is 2.91. The van der Waals surface area contributed by atoms with Gasteiger partial charge in [-0.05, 0) is 11.8 Å². The molecular weight excluding hydrogens is 141 g/mol. The molecule has 0 aliphatic carbocycles. The minimum Gasteiger partial charge on any atom is -0.245 e. The largest absolute Gasteiger partial charge is 0.245 e. The highest BCUT2D eigenvalue weighted by Crippen LogP contribution is 2.21. The first kappa shape index (κ1) is 7.03. The first-order chi connectivity index (χ1) is 4.24. The lowest BCUT2D eigenvalue weighted by Gasteiger charge is -2.01. The standard InChI is InChI=1S/C6H9ClFN/c1-2-5-3-9(7)4-6(5)8/h2,5-6H,1,3-4H2/t5-,6+/m1/s1. The Morgan fingerprint density at radius 1 is 1.67 bits per heavy atom. The van der Waals surface area contributed by atoms with Gasteiger partial charge in [0, 0.05) is 19.0 Å². The third kappa shape index (κ3) is 1.43. The Bertz CT molecular complexity index is 118. The molecule has 0 aromatic carbocycles. The molecule has 0 aromatic heterocycles. The Balaban J connectivity index is 2.47. The second-order valence-corrected chi connectivity index (χ2v) is 2.72. The highest BCUT2D eigenvalue weighted by Gasteiger charge is 2.29. The summed E-state index contributed by atoms with van der Waals surface area (Å²) in [7, 11) is 0. The van der Waals surface area contributed by atoms with Crippen LogP contribution in [0.3, 0.4) is 0 Å². The summed E-state index contributed by atoms with van der Waals surface area (Å²) in [5.74, 6) is -0.0671. The van der Waals surface area contributed by atoms with Crippen molar-refractivity contribution in [2.75, 3.05) is 13.1 Å². The molecule has 0 N–H and O–H groups in total. The SMILES string of the molecule is C=C[C@@H]1CN(Cl)C[C@@H]1F. The molecule has 0 aromatic rings. The van der Waals surface area contributed by atoms with Gasteiger partial charge in [-0.3, -0.25) is 0 Å². The molecule has 1 rings (SSSR count). The van der Waals surface area contributed by atoms with Crippen LogP contribution in [-0.4, -0.2) is 23.7 Å². The van der Waals surface area contributed by atoms with Crippen LogP contribution in [0.15, 0.2) is 12.7 Å². The van der Waals surface area contributed by atoms with E-state index >= 15 is 0 Å². The molecule has 0 saturated carbocycles. The normalized spacial score (nSPS) is 37.1. The smallest absolute Gasteiger partial charge is 0.122 e. The molecule has 1 aliphatic heterocycles. The van der Waals surface area contributed by atoms with Gasteiger partial charge in [0.15, 0.2) is 0 Å². The van der Waals surface area contributed by atoms with E-state index in [4.69, 9.17) is 11.8 Å². The lowest BCUT2D eigenvalue weighted by atomic mass is 10.1. The van der Waals surface area contributed by atoms with Gasteiger partial charge in [-0.25, -0.2) is 8.81 Å². The zero-order chi connectivity index (χ0) is 6.85. The minimum atomic E-state index is -0.819. The number of nitrogens with zero attached hydrogens (tertiary/aromatic N) is 1. The molecule has 1 saturated heterocycles. The summed E-state index contributed by atoms with van der Waals surface area (Å²) in [4.78, 5) is 0. The third-order valence-corrected chi connectivity index (χ3v) is 1.82. The molecule has 1 aliphatic rings. The van der Waals surface area contributed by atoms with Crippen molar-refractivity contribution in [2.45, 2.75) is 6.17 Å². The topological polar surface area (TPSA) is 3.24 Å². The maximum absolute atomic E-state index is 12.6. The first-order valence-corrected chi connectivity index (χ1v) is 3.25. The summed E-state index contributed by atoms with van der Waals surface area (Å²) in [5, 5.41) is 0. The van der Waals surface area contributed by atoms with Gasteiger partial charge in [0.25, 0.3) is 0 Å². The van der Waals surface area contributed by atoms with Gasteiger partial charge >= 0.3 is 0 Å². The second-order valence-electron chi connectivity index (χ2n) is 2.24. The van der Waals surface area contributed by atoms with Crippen molar-refractivity contribution in [2.24, 2.45) is 5.92 Å². The number of alkyl halides is 1. The van der Waals surface area contributed by atoms with Crippen LogP contribution in [0, 0.1) is 5.92 Å². The lowest BCUT2D eigenvalue weighted by molar-refractivity contribution is 0.312. The van der Waals surface area contributed by atoms with Crippen molar-refractivity contribution in [3.8, 4) is 0 Å². The zero-order valence-corrected chi connectivity index (χ0v) is 5.81. The van der Waals surface area contributed by atoms with Gasteiger partial charge in [0.05, 0.1) is 0 Å². The Labute approximate surface area is 59.2 Å². The van der Waals surface area contributed by atoms with Gasteiger partial charge < -0.3 is 0 Å². The summed E-state index contributed by atoms with van der Waals surface area (Å²) in [5.41, 5.74) is 0. The Hall–Kier alpha value is -0.0800. The summed E-state index contributed by atoms with van der Waals surface area (Å²) < 4.78 is 14.1. The number of hydrogen-bond donors (Lipinski definition) is 0. The van der Waals surface area contributed by atoms with Gasteiger partial charge in [-0.15, -0.1) is 6.58 Å². The molecule has 2 atom stereocenters. The second kappa shape index (κ2) is 2.67.